The van der Waals surface area contributed by atoms with E-state index < -0.39 is 24.2 Å². The number of nitrogens with zero attached hydrogens (tertiary/aromatic N) is 4. The lowest BCUT2D eigenvalue weighted by molar-refractivity contribution is -0.183. The molecule has 58 heavy (non-hydrogen) atoms. The van der Waals surface area contributed by atoms with Crippen molar-refractivity contribution in [1.82, 2.24) is 20.2 Å². The minimum atomic E-state index is -0.901. The highest BCUT2D eigenvalue weighted by atomic mass is 16.7. The summed E-state index contributed by atoms with van der Waals surface area (Å²) >= 11 is 0. The van der Waals surface area contributed by atoms with E-state index in [0.717, 1.165) is 53.7 Å². The normalized spacial score (nSPS) is 29.6. The first kappa shape index (κ1) is 42.1. The van der Waals surface area contributed by atoms with Crippen LogP contribution in [-0.4, -0.2) is 116 Å². The van der Waals surface area contributed by atoms with Gasteiger partial charge in [-0.1, -0.05) is 69.3 Å². The molecule has 0 radical (unpaired) electrons. The number of aliphatic hydroxyl groups excluding tert-OH is 2. The molecule has 11 nitrogen and oxygen atoms in total. The minimum Gasteiger partial charge on any atom is -0.496 e. The van der Waals surface area contributed by atoms with Crippen LogP contribution in [0, 0.1) is 29.1 Å². The van der Waals surface area contributed by atoms with E-state index in [4.69, 9.17) is 9.57 Å². The van der Waals surface area contributed by atoms with E-state index in [2.05, 4.69) is 68.2 Å². The number of likely N-dealkylation sites (tertiary alicyclic amines) is 1. The number of rotatable bonds is 13. The lowest BCUT2D eigenvalue weighted by Crippen LogP contribution is -2.62. The zero-order valence-corrected chi connectivity index (χ0v) is 35.9. The van der Waals surface area contributed by atoms with Crippen molar-refractivity contribution in [2.24, 2.45) is 29.1 Å². The maximum atomic E-state index is 14.8. The average molecular weight is 796 g/mol. The van der Waals surface area contributed by atoms with E-state index in [1.165, 1.54) is 6.42 Å². The first-order valence-corrected chi connectivity index (χ1v) is 21.2. The van der Waals surface area contributed by atoms with Crippen molar-refractivity contribution in [3.8, 4) is 16.9 Å². The van der Waals surface area contributed by atoms with Gasteiger partial charge in [0, 0.05) is 61.0 Å². The number of carbonyl (C=O) groups is 2. The van der Waals surface area contributed by atoms with Crippen molar-refractivity contribution in [3.63, 3.8) is 0 Å². The highest BCUT2D eigenvalue weighted by Crippen LogP contribution is 2.61. The molecular formula is C47H65N5O6. The molecular weight excluding hydrogens is 731 g/mol. The molecule has 2 amide bonds. The maximum absolute atomic E-state index is 14.8. The van der Waals surface area contributed by atoms with E-state index in [9.17, 15) is 19.8 Å². The van der Waals surface area contributed by atoms with Crippen LogP contribution in [0.1, 0.15) is 80.9 Å². The summed E-state index contributed by atoms with van der Waals surface area (Å²) in [6.45, 7) is 9.20. The number of para-hydroxylation sites is 1. The molecule has 3 N–H and O–H groups in total. The molecule has 5 aliphatic rings. The lowest BCUT2D eigenvalue weighted by Gasteiger charge is -2.62. The number of ether oxygens (including phenoxy) is 1. The molecule has 8 rings (SSSR count). The third kappa shape index (κ3) is 7.88. The number of amides is 2. The number of hydroxylamine groups is 2. The number of benzene rings is 3. The third-order valence-electron chi connectivity index (χ3n) is 14.2. The Morgan fingerprint density at radius 2 is 1.76 bits per heavy atom. The summed E-state index contributed by atoms with van der Waals surface area (Å²) in [4.78, 5) is 41.8. The van der Waals surface area contributed by atoms with Crippen LogP contribution in [0.15, 0.2) is 66.7 Å². The highest BCUT2D eigenvalue weighted by Gasteiger charge is 2.57. The summed E-state index contributed by atoms with van der Waals surface area (Å²) in [6.07, 6.45) is 2.29. The Balaban J connectivity index is 1.21. The van der Waals surface area contributed by atoms with E-state index in [1.54, 1.807) is 19.1 Å². The number of carbonyl (C=O) groups excluding carboxylic acids is 2. The molecule has 0 aromatic heterocycles. The lowest BCUT2D eigenvalue weighted by atomic mass is 9.45. The molecule has 3 aromatic rings. The average Bonchev–Trinajstić information content (AvgIpc) is 3.79. The van der Waals surface area contributed by atoms with Gasteiger partial charge >= 0.3 is 0 Å². The van der Waals surface area contributed by atoms with E-state index >= 15 is 0 Å². The number of hydrogen-bond donors (Lipinski definition) is 3. The summed E-state index contributed by atoms with van der Waals surface area (Å²) in [5.74, 6) is 1.20. The van der Waals surface area contributed by atoms with Gasteiger partial charge in [-0.15, -0.1) is 0 Å². The number of anilines is 1. The van der Waals surface area contributed by atoms with Crippen LogP contribution in [-0.2, 0) is 16.2 Å². The van der Waals surface area contributed by atoms with Gasteiger partial charge in [0.2, 0.25) is 5.91 Å². The fourth-order valence-corrected chi connectivity index (χ4v) is 10.9. The topological polar surface area (TPSA) is 118 Å². The smallest absolute Gasteiger partial charge is 0.254 e. The van der Waals surface area contributed by atoms with Gasteiger partial charge in [0.1, 0.15) is 17.9 Å². The van der Waals surface area contributed by atoms with Crippen molar-refractivity contribution in [1.29, 1.82) is 0 Å². The monoisotopic (exact) mass is 795 g/mol. The Morgan fingerprint density at radius 1 is 1.02 bits per heavy atom. The SMILES string of the molecule is COc1c(CN2O[C@@H](CO)[C@@H]([C@H](C)O)[C@H]2C(=O)N[C@H]2C[C@@H]3C[C@H]([C@@H]2C)C3(C)C)cccc1-c1cc(C(=O)N2[C@H](CN(C)C)CC[C@@H]2c2ccccc2)cc(N(C)C)c1. The number of likely N-dealkylation sites (N-methyl/N-ethyl adjacent to an activating group) is 1. The van der Waals surface area contributed by atoms with Crippen LogP contribution in [0.4, 0.5) is 5.69 Å². The van der Waals surface area contributed by atoms with Gasteiger partial charge in [0.25, 0.3) is 5.91 Å². The molecule has 2 aliphatic heterocycles. The number of hydrogen-bond acceptors (Lipinski definition) is 9. The van der Waals surface area contributed by atoms with E-state index in [-0.39, 0.29) is 48.5 Å². The van der Waals surface area contributed by atoms with Crippen LogP contribution in [0.25, 0.3) is 11.1 Å². The standard InChI is InChI=1S/C47H65N5O6/c1-28-38-23-34(47(38,3)4)24-39(28)48-45(55)43-42(29(2)54)41(27-53)58-51(43)25-31-16-13-17-37(44(31)57-9)32-20-33(22-36(21-32)50(7)8)46(56)52-35(26-49(5)6)18-19-40(52)30-14-11-10-12-15-30/h10-17,20-22,28-29,34-35,38-43,53-54H,18-19,23-27H2,1-9H3,(H,48,55)/t28-,29-,34-,35-,38+,39-,40+,41-,42+,43-/m0/s1. The van der Waals surface area contributed by atoms with Crippen molar-refractivity contribution >= 4 is 17.5 Å². The number of fused-ring (bicyclic) bond motifs is 2. The van der Waals surface area contributed by atoms with Crippen molar-refractivity contribution in [3.05, 3.63) is 83.4 Å². The molecule has 3 aromatic carbocycles. The number of nitrogens with one attached hydrogen (secondary N) is 1. The molecule has 10 atom stereocenters. The predicted molar refractivity (Wildman–Crippen MR) is 227 cm³/mol. The third-order valence-corrected chi connectivity index (χ3v) is 14.2. The maximum Gasteiger partial charge on any atom is 0.254 e. The van der Waals surface area contributed by atoms with E-state index in [0.29, 0.717) is 29.1 Å². The molecule has 0 unspecified atom stereocenters. The highest BCUT2D eigenvalue weighted by molar-refractivity contribution is 5.98. The molecule has 11 heteroatoms. The summed E-state index contributed by atoms with van der Waals surface area (Å²) in [5.41, 5.74) is 5.30. The molecule has 3 aliphatic carbocycles. The van der Waals surface area contributed by atoms with Gasteiger partial charge in [-0.05, 0) is 99.2 Å². The summed E-state index contributed by atoms with van der Waals surface area (Å²) in [6, 6.07) is 21.5. The first-order valence-electron chi connectivity index (χ1n) is 21.2. The second-order valence-corrected chi connectivity index (χ2v) is 18.5. The number of methoxy groups -OCH3 is 1. The Kier molecular flexibility index (Phi) is 12.3. The van der Waals surface area contributed by atoms with Crippen molar-refractivity contribution in [2.75, 3.05) is 53.4 Å². The van der Waals surface area contributed by atoms with Gasteiger partial charge in [-0.2, -0.15) is 5.06 Å². The number of aliphatic hydroxyl groups is 2. The summed E-state index contributed by atoms with van der Waals surface area (Å²) in [7, 11) is 9.69. The van der Waals surface area contributed by atoms with Gasteiger partial charge in [0.05, 0.1) is 32.4 Å². The fourth-order valence-electron chi connectivity index (χ4n) is 10.9. The summed E-state index contributed by atoms with van der Waals surface area (Å²) in [5, 5.41) is 26.5. The first-order chi connectivity index (χ1) is 27.6. The fraction of sp³-hybridized carbons (Fsp3) is 0.574. The van der Waals surface area contributed by atoms with E-state index in [1.807, 2.05) is 67.5 Å². The Labute approximate surface area is 345 Å². The summed E-state index contributed by atoms with van der Waals surface area (Å²) < 4.78 is 6.18. The van der Waals surface area contributed by atoms with Gasteiger partial charge < -0.3 is 35.0 Å². The molecule has 5 fully saturated rings. The molecule has 314 valence electrons. The second-order valence-electron chi connectivity index (χ2n) is 18.5. The van der Waals surface area contributed by atoms with Gasteiger partial charge in [0.15, 0.2) is 0 Å². The minimum absolute atomic E-state index is 0.00930. The predicted octanol–water partition coefficient (Wildman–Crippen LogP) is 6.00. The van der Waals surface area contributed by atoms with Crippen LogP contribution < -0.4 is 15.0 Å². The second kappa shape index (κ2) is 16.9. The largest absolute Gasteiger partial charge is 0.496 e. The Bertz CT molecular complexity index is 1940. The van der Waals surface area contributed by atoms with Crippen molar-refractivity contribution in [2.45, 2.75) is 96.3 Å². The van der Waals surface area contributed by atoms with Crippen LogP contribution >= 0.6 is 0 Å². The van der Waals surface area contributed by atoms with Crippen LogP contribution in [0.2, 0.25) is 0 Å². The van der Waals surface area contributed by atoms with Crippen LogP contribution in [0.3, 0.4) is 0 Å². The van der Waals surface area contributed by atoms with Gasteiger partial charge in [-0.25, -0.2) is 0 Å². The zero-order chi connectivity index (χ0) is 41.6. The molecule has 2 heterocycles. The molecule has 2 bridgehead atoms. The molecule has 2 saturated heterocycles. The zero-order valence-electron chi connectivity index (χ0n) is 35.9. The Hall–Kier alpha value is -4.00. The quantitative estimate of drug-likeness (QED) is 0.192. The van der Waals surface area contributed by atoms with Crippen LogP contribution in [0.5, 0.6) is 5.75 Å². The van der Waals surface area contributed by atoms with Crippen molar-refractivity contribution < 1.29 is 29.4 Å². The molecule has 3 saturated carbocycles. The Morgan fingerprint density at radius 3 is 2.38 bits per heavy atom. The molecule has 0 spiro atoms. The van der Waals surface area contributed by atoms with Gasteiger partial charge in [-0.3, -0.25) is 14.4 Å².